The van der Waals surface area contributed by atoms with Crippen LogP contribution in [0.5, 0.6) is 0 Å². The summed E-state index contributed by atoms with van der Waals surface area (Å²) in [6.45, 7) is 7.64. The Hall–Kier alpha value is -2.82. The summed E-state index contributed by atoms with van der Waals surface area (Å²) in [6.07, 6.45) is 4.43. The smallest absolute Gasteiger partial charge is 0.162 e. The van der Waals surface area contributed by atoms with E-state index in [1.165, 1.54) is 6.07 Å². The lowest BCUT2D eigenvalue weighted by Gasteiger charge is -2.11. The van der Waals surface area contributed by atoms with Crippen molar-refractivity contribution in [2.45, 2.75) is 59.8 Å². The molecule has 5 heteroatoms. The molecule has 0 N–H and O–H groups in total. The molecule has 0 amide bonds. The van der Waals surface area contributed by atoms with Crippen LogP contribution >= 0.6 is 0 Å². The summed E-state index contributed by atoms with van der Waals surface area (Å²) in [5.74, 6) is -0.442. The average molecular weight is 394 g/mol. The van der Waals surface area contributed by atoms with E-state index in [9.17, 15) is 9.59 Å². The van der Waals surface area contributed by atoms with Crippen LogP contribution in [0.1, 0.15) is 66.7 Å². The number of nitrogens with zero attached hydrogens (tertiary/aromatic N) is 2. The summed E-state index contributed by atoms with van der Waals surface area (Å²) in [5.41, 5.74) is 4.28. The maximum Gasteiger partial charge on any atom is 0.162 e. The molecule has 0 spiro atoms. The maximum absolute atomic E-state index is 15.2. The highest BCUT2D eigenvalue weighted by Crippen LogP contribution is 2.32. The topological polar surface area (TPSA) is 51.4 Å². The van der Waals surface area contributed by atoms with Gasteiger partial charge in [-0.05, 0) is 62.1 Å². The Morgan fingerprint density at radius 3 is 2.45 bits per heavy atom. The molecule has 0 radical (unpaired) electrons. The van der Waals surface area contributed by atoms with Gasteiger partial charge < -0.3 is 4.40 Å². The van der Waals surface area contributed by atoms with Crippen LogP contribution in [0.3, 0.4) is 0 Å². The van der Waals surface area contributed by atoms with Gasteiger partial charge >= 0.3 is 0 Å². The van der Waals surface area contributed by atoms with E-state index in [0.717, 1.165) is 18.4 Å². The van der Waals surface area contributed by atoms with E-state index in [1.807, 2.05) is 43.5 Å². The molecular weight excluding hydrogens is 367 g/mol. The summed E-state index contributed by atoms with van der Waals surface area (Å²) >= 11 is 0. The number of carbonyl (C=O) groups is 2. The van der Waals surface area contributed by atoms with Gasteiger partial charge in [0.15, 0.2) is 5.78 Å². The molecule has 0 unspecified atom stereocenters. The highest BCUT2D eigenvalue weighted by atomic mass is 19.1. The van der Waals surface area contributed by atoms with Crippen molar-refractivity contribution in [3.8, 4) is 11.3 Å². The predicted molar refractivity (Wildman–Crippen MR) is 113 cm³/mol. The molecule has 3 aromatic rings. The predicted octanol–water partition coefficient (Wildman–Crippen LogP) is 5.65. The highest BCUT2D eigenvalue weighted by molar-refractivity contribution is 5.97. The van der Waals surface area contributed by atoms with Crippen molar-refractivity contribution in [3.63, 3.8) is 0 Å². The van der Waals surface area contributed by atoms with Gasteiger partial charge in [-0.3, -0.25) is 9.59 Å². The molecule has 0 atom stereocenters. The van der Waals surface area contributed by atoms with Crippen molar-refractivity contribution < 1.29 is 14.0 Å². The molecule has 4 nitrogen and oxygen atoms in total. The number of fused-ring (bicyclic) bond motifs is 1. The molecule has 0 aliphatic rings. The Kier molecular flexibility index (Phi) is 6.26. The van der Waals surface area contributed by atoms with E-state index >= 15 is 4.39 Å². The number of benzene rings is 1. The van der Waals surface area contributed by atoms with Crippen molar-refractivity contribution in [2.75, 3.05) is 0 Å². The fourth-order valence-electron chi connectivity index (χ4n) is 3.70. The molecule has 2 aromatic heterocycles. The van der Waals surface area contributed by atoms with Crippen molar-refractivity contribution in [3.05, 3.63) is 58.7 Å². The number of carbonyl (C=O) groups excluding carboxylic acids is 2. The molecule has 1 aromatic carbocycles. The third-order valence-corrected chi connectivity index (χ3v) is 5.10. The van der Waals surface area contributed by atoms with E-state index in [1.54, 1.807) is 13.0 Å². The normalized spacial score (nSPS) is 11.2. The number of Topliss-reactive ketones (excluding diaryl/α,β-unsaturated/α-hetero) is 2. The molecule has 0 aliphatic heterocycles. The van der Waals surface area contributed by atoms with Crippen LogP contribution in [-0.4, -0.2) is 21.0 Å². The van der Waals surface area contributed by atoms with E-state index < -0.39 is 5.82 Å². The van der Waals surface area contributed by atoms with Gasteiger partial charge in [0.25, 0.3) is 0 Å². The SMILES string of the molecule is CCCC(=O)Cc1c(-c2c(C)cc(C(=O)CCC)cc2F)nc2cc(C)ccn12. The van der Waals surface area contributed by atoms with Crippen LogP contribution in [0.25, 0.3) is 16.9 Å². The Bertz CT molecular complexity index is 1060. The lowest BCUT2D eigenvalue weighted by atomic mass is 9.96. The van der Waals surface area contributed by atoms with Gasteiger partial charge in [0.1, 0.15) is 17.2 Å². The molecule has 0 saturated carbocycles. The highest BCUT2D eigenvalue weighted by Gasteiger charge is 2.22. The second-order valence-corrected chi connectivity index (χ2v) is 7.63. The first kappa shape index (κ1) is 20.9. The number of rotatable bonds is 8. The number of pyridine rings is 1. The Balaban J connectivity index is 2.18. The summed E-state index contributed by atoms with van der Waals surface area (Å²) in [6, 6.07) is 6.89. The zero-order valence-electron chi connectivity index (χ0n) is 17.5. The maximum atomic E-state index is 15.2. The van der Waals surface area contributed by atoms with Gasteiger partial charge in [-0.25, -0.2) is 9.37 Å². The van der Waals surface area contributed by atoms with Crippen molar-refractivity contribution in [2.24, 2.45) is 0 Å². The van der Waals surface area contributed by atoms with Gasteiger partial charge in [0, 0.05) is 36.6 Å². The largest absolute Gasteiger partial charge is 0.303 e. The summed E-state index contributed by atoms with van der Waals surface area (Å²) < 4.78 is 17.1. The molecule has 3 rings (SSSR count). The first-order valence-electron chi connectivity index (χ1n) is 10.2. The van der Waals surface area contributed by atoms with Crippen LogP contribution in [0.2, 0.25) is 0 Å². The first-order chi connectivity index (χ1) is 13.8. The molecule has 0 aliphatic carbocycles. The number of aromatic nitrogens is 2. The average Bonchev–Trinajstić information content (AvgIpc) is 2.98. The monoisotopic (exact) mass is 394 g/mol. The second kappa shape index (κ2) is 8.68. The Labute approximate surface area is 170 Å². The minimum atomic E-state index is -0.478. The number of ketones is 2. The van der Waals surface area contributed by atoms with E-state index in [0.29, 0.717) is 46.6 Å². The third kappa shape index (κ3) is 4.29. The van der Waals surface area contributed by atoms with Crippen molar-refractivity contribution in [1.29, 1.82) is 0 Å². The third-order valence-electron chi connectivity index (χ3n) is 5.10. The van der Waals surface area contributed by atoms with Crippen molar-refractivity contribution >= 4 is 17.2 Å². The number of hydrogen-bond acceptors (Lipinski definition) is 3. The molecule has 0 fully saturated rings. The molecule has 0 saturated heterocycles. The van der Waals surface area contributed by atoms with Gasteiger partial charge in [0.2, 0.25) is 0 Å². The van der Waals surface area contributed by atoms with Gasteiger partial charge in [-0.2, -0.15) is 0 Å². The lowest BCUT2D eigenvalue weighted by molar-refractivity contribution is -0.118. The number of hydrogen-bond donors (Lipinski definition) is 0. The van der Waals surface area contributed by atoms with Gasteiger partial charge in [-0.15, -0.1) is 0 Å². The van der Waals surface area contributed by atoms with E-state index in [2.05, 4.69) is 4.98 Å². The van der Waals surface area contributed by atoms with E-state index in [-0.39, 0.29) is 18.0 Å². The van der Waals surface area contributed by atoms with E-state index in [4.69, 9.17) is 0 Å². The zero-order valence-corrected chi connectivity index (χ0v) is 17.5. The summed E-state index contributed by atoms with van der Waals surface area (Å²) in [5, 5.41) is 0. The molecule has 152 valence electrons. The fourth-order valence-corrected chi connectivity index (χ4v) is 3.70. The van der Waals surface area contributed by atoms with Crippen LogP contribution in [0.4, 0.5) is 4.39 Å². The van der Waals surface area contributed by atoms with Gasteiger partial charge in [-0.1, -0.05) is 13.8 Å². The van der Waals surface area contributed by atoms with Crippen LogP contribution < -0.4 is 0 Å². The van der Waals surface area contributed by atoms with Crippen LogP contribution in [0, 0.1) is 19.7 Å². The van der Waals surface area contributed by atoms with Crippen molar-refractivity contribution in [1.82, 2.24) is 9.38 Å². The minimum Gasteiger partial charge on any atom is -0.303 e. The summed E-state index contributed by atoms with van der Waals surface area (Å²) in [4.78, 5) is 29.3. The first-order valence-corrected chi connectivity index (χ1v) is 10.2. The Morgan fingerprint density at radius 1 is 1.07 bits per heavy atom. The number of aryl methyl sites for hydroxylation is 2. The lowest BCUT2D eigenvalue weighted by Crippen LogP contribution is -2.07. The minimum absolute atomic E-state index is 0.0648. The molecule has 29 heavy (non-hydrogen) atoms. The quantitative estimate of drug-likeness (QED) is 0.464. The van der Waals surface area contributed by atoms with Crippen LogP contribution in [-0.2, 0) is 11.2 Å². The summed E-state index contributed by atoms with van der Waals surface area (Å²) in [7, 11) is 0. The molecular formula is C24H27FN2O2. The number of halogens is 1. The zero-order chi connectivity index (χ0) is 21.1. The fraction of sp³-hybridized carbons (Fsp3) is 0.375. The second-order valence-electron chi connectivity index (χ2n) is 7.63. The number of imidazole rings is 1. The molecule has 2 heterocycles. The van der Waals surface area contributed by atoms with Gasteiger partial charge in [0.05, 0.1) is 11.4 Å². The Morgan fingerprint density at radius 2 is 1.79 bits per heavy atom. The standard InChI is InChI=1S/C24H27FN2O2/c1-5-7-18(28)14-20-24(26-22-11-15(3)9-10-27(20)22)23-16(4)12-17(13-19(23)25)21(29)8-6-2/h9-13H,5-8,14H2,1-4H3. The van der Waals surface area contributed by atoms with Crippen LogP contribution in [0.15, 0.2) is 30.5 Å². The molecule has 0 bridgehead atoms.